The molecule has 0 N–H and O–H groups in total. The van der Waals surface area contributed by atoms with Crippen LogP contribution >= 0.6 is 11.9 Å². The lowest BCUT2D eigenvalue weighted by atomic mass is 10.1. The maximum atomic E-state index is 14.1. The van der Waals surface area contributed by atoms with Gasteiger partial charge in [0.15, 0.2) is 5.75 Å². The summed E-state index contributed by atoms with van der Waals surface area (Å²) >= 11 is 1.77. The SMILES string of the molecule is CN(C)CCN(CCN(C)C)c1cc(CN(C)C)cc(SN2CCCC2)c1Oc1cccc(F)c1. The van der Waals surface area contributed by atoms with Crippen LogP contribution in [-0.4, -0.2) is 101 Å². The molecule has 0 spiro atoms. The number of benzene rings is 2. The minimum Gasteiger partial charge on any atom is -0.454 e. The molecule has 0 amide bonds. The van der Waals surface area contributed by atoms with Crippen molar-refractivity contribution in [3.05, 3.63) is 47.8 Å². The van der Waals surface area contributed by atoms with E-state index in [-0.39, 0.29) is 5.82 Å². The standard InChI is InChI=1S/C27H42FN5OS/c1-29(2)14-16-32(17-15-30(3)4)25-18-22(21-31(5)6)19-26(35-33-12-7-8-13-33)27(25)34-24-11-9-10-23(28)20-24/h9-11,18-20H,7-8,12-17,21H2,1-6H3. The van der Waals surface area contributed by atoms with Gasteiger partial charge in [0.25, 0.3) is 0 Å². The zero-order valence-corrected chi connectivity index (χ0v) is 23.1. The second-order valence-electron chi connectivity index (χ2n) is 10.1. The average Bonchev–Trinajstić information content (AvgIpc) is 3.28. The summed E-state index contributed by atoms with van der Waals surface area (Å²) < 4.78 is 23.0. The van der Waals surface area contributed by atoms with Crippen LogP contribution in [0.5, 0.6) is 11.5 Å². The Morgan fingerprint density at radius 3 is 2.09 bits per heavy atom. The molecule has 2 aromatic rings. The van der Waals surface area contributed by atoms with E-state index in [1.165, 1.54) is 30.5 Å². The Hall–Kier alpha value is -1.84. The van der Waals surface area contributed by atoms with Gasteiger partial charge in [0.2, 0.25) is 0 Å². The molecule has 8 heteroatoms. The summed E-state index contributed by atoms with van der Waals surface area (Å²) in [6.45, 7) is 6.60. The molecule has 0 saturated carbocycles. The summed E-state index contributed by atoms with van der Waals surface area (Å²) in [5.74, 6) is 1.04. The maximum absolute atomic E-state index is 14.1. The van der Waals surface area contributed by atoms with E-state index in [9.17, 15) is 4.39 Å². The number of rotatable bonds is 13. The van der Waals surface area contributed by atoms with E-state index in [2.05, 4.69) is 78.3 Å². The van der Waals surface area contributed by atoms with Crippen molar-refractivity contribution in [2.45, 2.75) is 24.3 Å². The Morgan fingerprint density at radius 1 is 0.857 bits per heavy atom. The fourth-order valence-electron chi connectivity index (χ4n) is 4.07. The zero-order valence-electron chi connectivity index (χ0n) is 22.3. The van der Waals surface area contributed by atoms with E-state index >= 15 is 0 Å². The Morgan fingerprint density at radius 2 is 1.51 bits per heavy atom. The van der Waals surface area contributed by atoms with Gasteiger partial charge >= 0.3 is 0 Å². The lowest BCUT2D eigenvalue weighted by molar-refractivity contribution is 0.387. The van der Waals surface area contributed by atoms with Crippen LogP contribution in [0.4, 0.5) is 10.1 Å². The molecule has 2 aromatic carbocycles. The van der Waals surface area contributed by atoms with Gasteiger partial charge in [-0.05, 0) is 96.9 Å². The molecule has 1 saturated heterocycles. The van der Waals surface area contributed by atoms with Gasteiger partial charge in [-0.15, -0.1) is 0 Å². The van der Waals surface area contributed by atoms with Crippen LogP contribution in [0.25, 0.3) is 0 Å². The first-order valence-corrected chi connectivity index (χ1v) is 13.2. The Bertz CT molecular complexity index is 922. The lowest BCUT2D eigenvalue weighted by Gasteiger charge is -2.31. The van der Waals surface area contributed by atoms with Crippen molar-refractivity contribution in [3.8, 4) is 11.5 Å². The molecule has 35 heavy (non-hydrogen) atoms. The Balaban J connectivity index is 2.10. The summed E-state index contributed by atoms with van der Waals surface area (Å²) in [4.78, 5) is 10.1. The summed E-state index contributed by atoms with van der Waals surface area (Å²) in [5.41, 5.74) is 2.32. The molecule has 0 aromatic heterocycles. The van der Waals surface area contributed by atoms with E-state index in [0.717, 1.165) is 62.1 Å². The van der Waals surface area contributed by atoms with Crippen LogP contribution in [0, 0.1) is 5.82 Å². The molecule has 1 heterocycles. The van der Waals surface area contributed by atoms with Crippen LogP contribution in [0.15, 0.2) is 41.3 Å². The molecule has 0 aliphatic carbocycles. The van der Waals surface area contributed by atoms with Crippen molar-refractivity contribution >= 4 is 17.6 Å². The summed E-state index contributed by atoms with van der Waals surface area (Å²) in [7, 11) is 12.6. The third-order valence-corrected chi connectivity index (χ3v) is 7.00. The van der Waals surface area contributed by atoms with Crippen LogP contribution in [-0.2, 0) is 6.54 Å². The van der Waals surface area contributed by atoms with Crippen molar-refractivity contribution < 1.29 is 9.13 Å². The molecule has 1 aliphatic rings. The van der Waals surface area contributed by atoms with E-state index in [1.54, 1.807) is 18.0 Å². The fraction of sp³-hybridized carbons (Fsp3) is 0.556. The highest BCUT2D eigenvalue weighted by Gasteiger charge is 2.23. The highest BCUT2D eigenvalue weighted by atomic mass is 32.2. The number of nitrogens with zero attached hydrogens (tertiary/aromatic N) is 5. The number of anilines is 1. The first-order chi connectivity index (χ1) is 16.7. The highest BCUT2D eigenvalue weighted by molar-refractivity contribution is 7.97. The van der Waals surface area contributed by atoms with Crippen LogP contribution in [0.1, 0.15) is 18.4 Å². The molecular weight excluding hydrogens is 461 g/mol. The van der Waals surface area contributed by atoms with Gasteiger partial charge < -0.3 is 24.3 Å². The fourth-order valence-corrected chi connectivity index (χ4v) is 5.22. The Labute approximate surface area is 215 Å². The van der Waals surface area contributed by atoms with Crippen molar-refractivity contribution in [2.75, 3.05) is 86.5 Å². The number of likely N-dealkylation sites (N-methyl/N-ethyl adjacent to an activating group) is 2. The number of ether oxygens (including phenoxy) is 1. The molecular formula is C27H42FN5OS. The number of hydrogen-bond acceptors (Lipinski definition) is 7. The van der Waals surface area contributed by atoms with E-state index in [0.29, 0.717) is 5.75 Å². The van der Waals surface area contributed by atoms with Gasteiger partial charge in [0, 0.05) is 51.9 Å². The minimum atomic E-state index is -0.293. The number of hydrogen-bond donors (Lipinski definition) is 0. The molecule has 0 atom stereocenters. The molecule has 0 bridgehead atoms. The normalized spacial score (nSPS) is 14.5. The third-order valence-electron chi connectivity index (χ3n) is 5.88. The van der Waals surface area contributed by atoms with Crippen LogP contribution < -0.4 is 9.64 Å². The van der Waals surface area contributed by atoms with E-state index in [4.69, 9.17) is 4.74 Å². The summed E-state index contributed by atoms with van der Waals surface area (Å²) in [6.07, 6.45) is 2.43. The van der Waals surface area contributed by atoms with Crippen molar-refractivity contribution in [2.24, 2.45) is 0 Å². The van der Waals surface area contributed by atoms with Gasteiger partial charge in [0.05, 0.1) is 10.6 Å². The predicted octanol–water partition coefficient (Wildman–Crippen LogP) is 4.71. The van der Waals surface area contributed by atoms with E-state index < -0.39 is 0 Å². The maximum Gasteiger partial charge on any atom is 0.165 e. The minimum absolute atomic E-state index is 0.293. The summed E-state index contributed by atoms with van der Waals surface area (Å²) in [5, 5.41) is 0. The van der Waals surface area contributed by atoms with E-state index in [1.807, 2.05) is 6.07 Å². The van der Waals surface area contributed by atoms with Crippen LogP contribution in [0.2, 0.25) is 0 Å². The monoisotopic (exact) mass is 503 g/mol. The molecule has 194 valence electrons. The van der Waals surface area contributed by atoms with Crippen molar-refractivity contribution in [1.82, 2.24) is 19.0 Å². The van der Waals surface area contributed by atoms with Gasteiger partial charge in [0.1, 0.15) is 11.6 Å². The molecule has 0 unspecified atom stereocenters. The Kier molecular flexibility index (Phi) is 10.7. The molecule has 6 nitrogen and oxygen atoms in total. The topological polar surface area (TPSA) is 25.4 Å². The smallest absolute Gasteiger partial charge is 0.165 e. The van der Waals surface area contributed by atoms with Gasteiger partial charge in [-0.2, -0.15) is 0 Å². The van der Waals surface area contributed by atoms with Crippen molar-refractivity contribution in [1.29, 1.82) is 0 Å². The first kappa shape index (κ1) is 27.7. The average molecular weight is 504 g/mol. The quantitative estimate of drug-likeness (QED) is 0.365. The van der Waals surface area contributed by atoms with Gasteiger partial charge in [-0.25, -0.2) is 8.70 Å². The molecule has 1 fully saturated rings. The lowest BCUT2D eigenvalue weighted by Crippen LogP contribution is -2.37. The second kappa shape index (κ2) is 13.5. The number of halogens is 1. The van der Waals surface area contributed by atoms with Gasteiger partial charge in [-0.1, -0.05) is 6.07 Å². The predicted molar refractivity (Wildman–Crippen MR) is 146 cm³/mol. The largest absolute Gasteiger partial charge is 0.454 e. The third kappa shape index (κ3) is 8.95. The zero-order chi connectivity index (χ0) is 25.4. The summed E-state index contributed by atoms with van der Waals surface area (Å²) in [6, 6.07) is 11.0. The molecule has 1 aliphatic heterocycles. The second-order valence-corrected chi connectivity index (χ2v) is 11.2. The molecule has 3 rings (SSSR count). The first-order valence-electron chi connectivity index (χ1n) is 12.4. The molecule has 0 radical (unpaired) electrons. The highest BCUT2D eigenvalue weighted by Crippen LogP contribution is 2.44. The van der Waals surface area contributed by atoms with Crippen LogP contribution in [0.3, 0.4) is 0 Å². The van der Waals surface area contributed by atoms with Crippen molar-refractivity contribution in [3.63, 3.8) is 0 Å². The van der Waals surface area contributed by atoms with Gasteiger partial charge in [-0.3, -0.25) is 0 Å².